The average Bonchev–Trinajstić information content (AvgIpc) is 2.54. The van der Waals surface area contributed by atoms with Crippen LogP contribution in [-0.4, -0.2) is 20.2 Å². The van der Waals surface area contributed by atoms with Gasteiger partial charge in [0.25, 0.3) is 10.0 Å². The summed E-state index contributed by atoms with van der Waals surface area (Å²) in [6.07, 6.45) is 0.444. The quantitative estimate of drug-likeness (QED) is 0.548. The van der Waals surface area contributed by atoms with E-state index in [0.29, 0.717) is 12.0 Å². The molecule has 0 saturated carbocycles. The fourth-order valence-corrected chi connectivity index (χ4v) is 3.00. The number of nitrogens with two attached hydrogens (primary N) is 1. The largest absolute Gasteiger partial charge is 0.384 e. The van der Waals surface area contributed by atoms with E-state index in [1.165, 1.54) is 12.1 Å². The van der Waals surface area contributed by atoms with Crippen LogP contribution in [0.5, 0.6) is 0 Å². The number of rotatable bonds is 6. The summed E-state index contributed by atoms with van der Waals surface area (Å²) in [7, 11) is -3.83. The maximum absolute atomic E-state index is 12.0. The molecule has 0 atom stereocenters. The molecule has 23 heavy (non-hydrogen) atoms. The molecule has 0 spiro atoms. The summed E-state index contributed by atoms with van der Waals surface area (Å²) < 4.78 is 26.1. The van der Waals surface area contributed by atoms with Gasteiger partial charge >= 0.3 is 0 Å². The maximum Gasteiger partial charge on any atom is 0.264 e. The molecular formula is C16H17N3O3S. The van der Waals surface area contributed by atoms with Crippen LogP contribution in [-0.2, 0) is 21.2 Å². The Balaban J connectivity index is 1.94. The minimum Gasteiger partial charge on any atom is -0.384 e. The summed E-state index contributed by atoms with van der Waals surface area (Å²) >= 11 is 0. The van der Waals surface area contributed by atoms with E-state index in [1.807, 2.05) is 0 Å². The second-order valence-corrected chi connectivity index (χ2v) is 6.63. The SMILES string of the molecule is N=C(N)c1ccc(CCC(=O)NS(=O)(=O)c2ccccc2)cc1. The first-order valence-electron chi connectivity index (χ1n) is 6.92. The lowest BCUT2D eigenvalue weighted by Gasteiger charge is -2.07. The molecule has 1 amide bonds. The molecule has 0 aliphatic rings. The summed E-state index contributed by atoms with van der Waals surface area (Å²) in [5, 5.41) is 7.30. The van der Waals surface area contributed by atoms with Crippen molar-refractivity contribution >= 4 is 21.8 Å². The molecule has 6 nitrogen and oxygen atoms in total. The van der Waals surface area contributed by atoms with Crippen LogP contribution in [0.25, 0.3) is 0 Å². The summed E-state index contributed by atoms with van der Waals surface area (Å²) in [4.78, 5) is 11.9. The lowest BCUT2D eigenvalue weighted by Crippen LogP contribution is -2.30. The number of carbonyl (C=O) groups is 1. The Morgan fingerprint density at radius 2 is 1.65 bits per heavy atom. The molecule has 0 aliphatic carbocycles. The summed E-state index contributed by atoms with van der Waals surface area (Å²) in [6, 6.07) is 14.6. The van der Waals surface area contributed by atoms with Gasteiger partial charge < -0.3 is 5.73 Å². The van der Waals surface area contributed by atoms with E-state index in [9.17, 15) is 13.2 Å². The van der Waals surface area contributed by atoms with E-state index >= 15 is 0 Å². The fraction of sp³-hybridized carbons (Fsp3) is 0.125. The molecule has 4 N–H and O–H groups in total. The van der Waals surface area contributed by atoms with Crippen molar-refractivity contribution in [3.8, 4) is 0 Å². The number of nitrogens with one attached hydrogen (secondary N) is 2. The summed E-state index contributed by atoms with van der Waals surface area (Å²) in [6.45, 7) is 0. The highest BCUT2D eigenvalue weighted by atomic mass is 32.2. The van der Waals surface area contributed by atoms with E-state index in [0.717, 1.165) is 5.56 Å². The number of amidine groups is 1. The lowest BCUT2D eigenvalue weighted by molar-refractivity contribution is -0.119. The molecule has 0 unspecified atom stereocenters. The molecule has 2 rings (SSSR count). The van der Waals surface area contributed by atoms with Gasteiger partial charge in [-0.2, -0.15) is 0 Å². The number of carbonyl (C=O) groups excluding carboxylic acids is 1. The van der Waals surface area contributed by atoms with Crippen LogP contribution < -0.4 is 10.5 Å². The predicted molar refractivity (Wildman–Crippen MR) is 87.5 cm³/mol. The third kappa shape index (κ3) is 4.65. The second kappa shape index (κ2) is 7.06. The minimum absolute atomic E-state index is 0.0248. The van der Waals surface area contributed by atoms with Crippen LogP contribution in [0.2, 0.25) is 0 Å². The normalized spacial score (nSPS) is 11.0. The Morgan fingerprint density at radius 1 is 1.04 bits per heavy atom. The van der Waals surface area contributed by atoms with Crippen LogP contribution >= 0.6 is 0 Å². The molecular weight excluding hydrogens is 314 g/mol. The van der Waals surface area contributed by atoms with Crippen molar-refractivity contribution in [2.45, 2.75) is 17.7 Å². The zero-order valence-corrected chi connectivity index (χ0v) is 13.1. The fourth-order valence-electron chi connectivity index (χ4n) is 1.97. The van der Waals surface area contributed by atoms with Gasteiger partial charge in [-0.15, -0.1) is 0 Å². The van der Waals surface area contributed by atoms with Crippen LogP contribution in [0.1, 0.15) is 17.5 Å². The number of aryl methyl sites for hydroxylation is 1. The highest BCUT2D eigenvalue weighted by molar-refractivity contribution is 7.90. The number of benzene rings is 2. The molecule has 120 valence electrons. The molecule has 0 fully saturated rings. The van der Waals surface area contributed by atoms with Crippen molar-refractivity contribution in [1.82, 2.24) is 4.72 Å². The van der Waals surface area contributed by atoms with Gasteiger partial charge in [0.05, 0.1) is 4.90 Å². The molecule has 0 saturated heterocycles. The molecule has 7 heteroatoms. The molecule has 0 heterocycles. The Kier molecular flexibility index (Phi) is 5.13. The van der Waals surface area contributed by atoms with Crippen LogP contribution in [0.15, 0.2) is 59.5 Å². The number of hydrogen-bond acceptors (Lipinski definition) is 4. The summed E-state index contributed by atoms with van der Waals surface area (Å²) in [5.74, 6) is -0.590. The first kappa shape index (κ1) is 16.7. The van der Waals surface area contributed by atoms with Gasteiger partial charge in [-0.05, 0) is 24.1 Å². The predicted octanol–water partition coefficient (Wildman–Crippen LogP) is 1.41. The smallest absolute Gasteiger partial charge is 0.264 e. The number of sulfonamides is 1. The van der Waals surface area contributed by atoms with Crippen molar-refractivity contribution in [3.63, 3.8) is 0 Å². The van der Waals surface area contributed by atoms with Gasteiger partial charge in [0.15, 0.2) is 0 Å². The molecule has 0 bridgehead atoms. The van der Waals surface area contributed by atoms with Crippen LogP contribution in [0.3, 0.4) is 0 Å². The highest BCUT2D eigenvalue weighted by Crippen LogP contribution is 2.09. The monoisotopic (exact) mass is 331 g/mol. The van der Waals surface area contributed by atoms with Gasteiger partial charge in [0.1, 0.15) is 5.84 Å². The molecule has 2 aromatic rings. The Labute approximate surface area is 134 Å². The zero-order chi connectivity index (χ0) is 16.9. The highest BCUT2D eigenvalue weighted by Gasteiger charge is 2.16. The van der Waals surface area contributed by atoms with Crippen molar-refractivity contribution in [2.75, 3.05) is 0 Å². The maximum atomic E-state index is 12.0. The van der Waals surface area contributed by atoms with Crippen LogP contribution in [0.4, 0.5) is 0 Å². The Morgan fingerprint density at radius 3 is 2.22 bits per heavy atom. The van der Waals surface area contributed by atoms with Gasteiger partial charge in [0.2, 0.25) is 5.91 Å². The van der Waals surface area contributed by atoms with Crippen molar-refractivity contribution < 1.29 is 13.2 Å². The van der Waals surface area contributed by atoms with Crippen molar-refractivity contribution in [3.05, 3.63) is 65.7 Å². The van der Waals surface area contributed by atoms with Gasteiger partial charge in [-0.25, -0.2) is 13.1 Å². The van der Waals surface area contributed by atoms with E-state index < -0.39 is 15.9 Å². The second-order valence-electron chi connectivity index (χ2n) is 4.95. The van der Waals surface area contributed by atoms with Gasteiger partial charge in [-0.1, -0.05) is 42.5 Å². The molecule has 0 radical (unpaired) electrons. The van der Waals surface area contributed by atoms with E-state index in [1.54, 1.807) is 42.5 Å². The topological polar surface area (TPSA) is 113 Å². The summed E-state index contributed by atoms with van der Waals surface area (Å²) in [5.41, 5.74) is 6.83. The third-order valence-electron chi connectivity index (χ3n) is 3.21. The molecule has 0 aliphatic heterocycles. The third-order valence-corrected chi connectivity index (χ3v) is 4.60. The molecule has 0 aromatic heterocycles. The van der Waals surface area contributed by atoms with Crippen LogP contribution in [0, 0.1) is 5.41 Å². The Bertz CT molecular complexity index is 800. The number of nitrogen functional groups attached to an aromatic ring is 1. The first-order valence-corrected chi connectivity index (χ1v) is 8.41. The standard InChI is InChI=1S/C16H17N3O3S/c17-16(18)13-9-6-12(7-10-13)8-11-15(20)19-23(21,22)14-4-2-1-3-5-14/h1-7,9-10H,8,11H2,(H3,17,18)(H,19,20). The number of amides is 1. The van der Waals surface area contributed by atoms with Gasteiger partial charge in [-0.3, -0.25) is 10.2 Å². The van der Waals surface area contributed by atoms with E-state index in [4.69, 9.17) is 11.1 Å². The van der Waals surface area contributed by atoms with E-state index in [2.05, 4.69) is 4.72 Å². The van der Waals surface area contributed by atoms with Crippen molar-refractivity contribution in [1.29, 1.82) is 5.41 Å². The average molecular weight is 331 g/mol. The molecule has 2 aromatic carbocycles. The lowest BCUT2D eigenvalue weighted by atomic mass is 10.1. The minimum atomic E-state index is -3.83. The first-order chi connectivity index (χ1) is 10.9. The van der Waals surface area contributed by atoms with Crippen molar-refractivity contribution in [2.24, 2.45) is 5.73 Å². The zero-order valence-electron chi connectivity index (χ0n) is 12.3. The number of hydrogen-bond donors (Lipinski definition) is 3. The van der Waals surface area contributed by atoms with E-state index in [-0.39, 0.29) is 17.2 Å². The Hall–Kier alpha value is -2.67. The van der Waals surface area contributed by atoms with Gasteiger partial charge in [0, 0.05) is 12.0 Å².